The summed E-state index contributed by atoms with van der Waals surface area (Å²) in [6, 6.07) is 3.73. The van der Waals surface area contributed by atoms with Gasteiger partial charge in [0.1, 0.15) is 5.82 Å². The maximum atomic E-state index is 12.6. The Morgan fingerprint density at radius 3 is 2.80 bits per heavy atom. The van der Waals surface area contributed by atoms with E-state index in [1.54, 1.807) is 12.4 Å². The molecule has 1 aliphatic heterocycles. The number of aromatic nitrogens is 3. The fourth-order valence-corrected chi connectivity index (χ4v) is 3.77. The Labute approximate surface area is 118 Å². The van der Waals surface area contributed by atoms with Gasteiger partial charge in [0.15, 0.2) is 5.03 Å². The van der Waals surface area contributed by atoms with Crippen LogP contribution in [0.25, 0.3) is 0 Å². The summed E-state index contributed by atoms with van der Waals surface area (Å²) < 4.78 is 28.5. The van der Waals surface area contributed by atoms with Crippen LogP contribution < -0.4 is 0 Å². The monoisotopic (exact) mass is 292 g/mol. The van der Waals surface area contributed by atoms with Crippen LogP contribution in [0, 0.1) is 6.92 Å². The first-order valence-electron chi connectivity index (χ1n) is 6.49. The minimum Gasteiger partial charge on any atom is -0.334 e. The molecule has 6 nitrogen and oxygen atoms in total. The molecule has 0 saturated carbocycles. The highest BCUT2D eigenvalue weighted by Crippen LogP contribution is 2.26. The number of hydrogen-bond acceptors (Lipinski definition) is 4. The lowest BCUT2D eigenvalue weighted by molar-refractivity contribution is 0.427. The third kappa shape index (κ3) is 2.03. The molecule has 0 atom stereocenters. The number of sulfonamides is 1. The van der Waals surface area contributed by atoms with E-state index in [9.17, 15) is 8.42 Å². The van der Waals surface area contributed by atoms with Crippen LogP contribution in [0.2, 0.25) is 0 Å². The summed E-state index contributed by atoms with van der Waals surface area (Å²) in [5, 5.41) is 0.115. The molecule has 0 bridgehead atoms. The minimum absolute atomic E-state index is 0.115. The van der Waals surface area contributed by atoms with E-state index in [2.05, 4.69) is 9.97 Å². The van der Waals surface area contributed by atoms with Gasteiger partial charge in [-0.2, -0.15) is 4.31 Å². The standard InChI is InChI=1S/C13H16N4O2S/c1-3-16-9-13(15-10(16)2)20(18,19)17-7-11-5-4-6-14-12(11)8-17/h4-6,9H,3,7-8H2,1-2H3. The summed E-state index contributed by atoms with van der Waals surface area (Å²) in [4.78, 5) is 8.40. The Balaban J connectivity index is 1.94. The fraction of sp³-hybridized carbons (Fsp3) is 0.385. The number of hydrogen-bond donors (Lipinski definition) is 0. The van der Waals surface area contributed by atoms with E-state index in [1.807, 2.05) is 30.5 Å². The molecule has 0 saturated heterocycles. The summed E-state index contributed by atoms with van der Waals surface area (Å²) in [5.41, 5.74) is 1.78. The van der Waals surface area contributed by atoms with Crippen LogP contribution in [-0.2, 0) is 29.7 Å². The van der Waals surface area contributed by atoms with E-state index < -0.39 is 10.0 Å². The lowest BCUT2D eigenvalue weighted by atomic mass is 10.2. The number of imidazole rings is 1. The summed E-state index contributed by atoms with van der Waals surface area (Å²) in [5.74, 6) is 0.709. The van der Waals surface area contributed by atoms with Crippen molar-refractivity contribution in [1.29, 1.82) is 0 Å². The largest absolute Gasteiger partial charge is 0.334 e. The molecule has 3 rings (SSSR count). The van der Waals surface area contributed by atoms with Crippen LogP contribution in [-0.4, -0.2) is 27.3 Å². The number of nitrogens with zero attached hydrogens (tertiary/aromatic N) is 4. The van der Waals surface area contributed by atoms with Gasteiger partial charge in [-0.05, 0) is 25.5 Å². The van der Waals surface area contributed by atoms with Crippen molar-refractivity contribution in [3.63, 3.8) is 0 Å². The van der Waals surface area contributed by atoms with Gasteiger partial charge >= 0.3 is 0 Å². The molecule has 0 amide bonds. The number of rotatable bonds is 3. The van der Waals surface area contributed by atoms with Crippen molar-refractivity contribution < 1.29 is 8.42 Å². The molecule has 0 fully saturated rings. The quantitative estimate of drug-likeness (QED) is 0.855. The van der Waals surface area contributed by atoms with Gasteiger partial charge in [-0.1, -0.05) is 6.07 Å². The number of pyridine rings is 1. The molecule has 3 heterocycles. The predicted molar refractivity (Wildman–Crippen MR) is 73.3 cm³/mol. The maximum absolute atomic E-state index is 12.6. The van der Waals surface area contributed by atoms with Gasteiger partial charge in [0, 0.05) is 25.5 Å². The molecule has 106 valence electrons. The molecule has 0 spiro atoms. The van der Waals surface area contributed by atoms with Crippen molar-refractivity contribution in [2.45, 2.75) is 38.5 Å². The van der Waals surface area contributed by atoms with Gasteiger partial charge in [-0.15, -0.1) is 0 Å². The highest BCUT2D eigenvalue weighted by molar-refractivity contribution is 7.89. The average molecular weight is 292 g/mol. The number of aryl methyl sites for hydroxylation is 2. The second-order valence-corrected chi connectivity index (χ2v) is 6.68. The lowest BCUT2D eigenvalue weighted by Gasteiger charge is -2.12. The van der Waals surface area contributed by atoms with Gasteiger partial charge in [-0.25, -0.2) is 13.4 Å². The summed E-state index contributed by atoms with van der Waals surface area (Å²) in [6.07, 6.45) is 3.28. The zero-order valence-corrected chi connectivity index (χ0v) is 12.3. The molecule has 0 aromatic carbocycles. The zero-order chi connectivity index (χ0) is 14.3. The third-order valence-electron chi connectivity index (χ3n) is 3.56. The van der Waals surface area contributed by atoms with E-state index in [-0.39, 0.29) is 5.03 Å². The van der Waals surface area contributed by atoms with Crippen LogP contribution in [0.15, 0.2) is 29.6 Å². The predicted octanol–water partition coefficient (Wildman–Crippen LogP) is 1.31. The Hall–Kier alpha value is -1.73. The van der Waals surface area contributed by atoms with Gasteiger partial charge in [-0.3, -0.25) is 4.98 Å². The molecule has 0 aliphatic carbocycles. The van der Waals surface area contributed by atoms with Crippen LogP contribution in [0.1, 0.15) is 24.0 Å². The van der Waals surface area contributed by atoms with Crippen molar-refractivity contribution in [1.82, 2.24) is 18.8 Å². The van der Waals surface area contributed by atoms with Crippen molar-refractivity contribution in [3.8, 4) is 0 Å². The third-order valence-corrected chi connectivity index (χ3v) is 5.22. The Kier molecular flexibility index (Phi) is 3.10. The highest BCUT2D eigenvalue weighted by Gasteiger charge is 2.33. The second-order valence-electron chi connectivity index (χ2n) is 4.79. The van der Waals surface area contributed by atoms with Gasteiger partial charge in [0.25, 0.3) is 10.0 Å². The Morgan fingerprint density at radius 1 is 1.35 bits per heavy atom. The smallest absolute Gasteiger partial charge is 0.262 e. The topological polar surface area (TPSA) is 68.1 Å². The van der Waals surface area contributed by atoms with E-state index in [0.717, 1.165) is 11.3 Å². The van der Waals surface area contributed by atoms with Crippen molar-refractivity contribution in [2.24, 2.45) is 0 Å². The zero-order valence-electron chi connectivity index (χ0n) is 11.4. The van der Waals surface area contributed by atoms with Crippen LogP contribution in [0.5, 0.6) is 0 Å². The lowest BCUT2D eigenvalue weighted by Crippen LogP contribution is -2.26. The van der Waals surface area contributed by atoms with Crippen molar-refractivity contribution in [3.05, 3.63) is 41.6 Å². The van der Waals surface area contributed by atoms with Crippen molar-refractivity contribution in [2.75, 3.05) is 0 Å². The van der Waals surface area contributed by atoms with Crippen LogP contribution >= 0.6 is 0 Å². The maximum Gasteiger partial charge on any atom is 0.262 e. The molecule has 2 aromatic rings. The minimum atomic E-state index is -3.56. The van der Waals surface area contributed by atoms with Crippen LogP contribution in [0.3, 0.4) is 0 Å². The van der Waals surface area contributed by atoms with Crippen molar-refractivity contribution >= 4 is 10.0 Å². The molecule has 0 unspecified atom stereocenters. The van der Waals surface area contributed by atoms with E-state index in [4.69, 9.17) is 0 Å². The molecule has 1 aliphatic rings. The first-order valence-corrected chi connectivity index (χ1v) is 7.93. The first kappa shape index (κ1) is 13.3. The molecule has 0 radical (unpaired) electrons. The van der Waals surface area contributed by atoms with E-state index in [1.165, 1.54) is 4.31 Å². The SMILES string of the molecule is CCn1cc(S(=O)(=O)N2Cc3cccnc3C2)nc1C. The second kappa shape index (κ2) is 4.68. The average Bonchev–Trinajstić information content (AvgIpc) is 3.02. The molecule has 2 aromatic heterocycles. The summed E-state index contributed by atoms with van der Waals surface area (Å²) >= 11 is 0. The number of fused-ring (bicyclic) bond motifs is 1. The molecular weight excluding hydrogens is 276 g/mol. The van der Waals surface area contributed by atoms with Gasteiger partial charge in [0.2, 0.25) is 0 Å². The molecule has 0 N–H and O–H groups in total. The normalized spacial score (nSPS) is 15.5. The Morgan fingerprint density at radius 2 is 2.15 bits per heavy atom. The first-order chi connectivity index (χ1) is 9.52. The highest BCUT2D eigenvalue weighted by atomic mass is 32.2. The Bertz CT molecular complexity index is 726. The van der Waals surface area contributed by atoms with E-state index >= 15 is 0 Å². The molecular formula is C13H16N4O2S. The van der Waals surface area contributed by atoms with Gasteiger partial charge in [0.05, 0.1) is 12.2 Å². The van der Waals surface area contributed by atoms with E-state index in [0.29, 0.717) is 25.5 Å². The summed E-state index contributed by atoms with van der Waals surface area (Å²) in [6.45, 7) is 5.15. The molecule has 20 heavy (non-hydrogen) atoms. The molecule has 7 heteroatoms. The van der Waals surface area contributed by atoms with Crippen LogP contribution in [0.4, 0.5) is 0 Å². The van der Waals surface area contributed by atoms with Gasteiger partial charge < -0.3 is 4.57 Å². The fourth-order valence-electron chi connectivity index (χ4n) is 2.40. The summed E-state index contributed by atoms with van der Waals surface area (Å²) in [7, 11) is -3.56.